The highest BCUT2D eigenvalue weighted by atomic mass is 16.2. The van der Waals surface area contributed by atoms with Gasteiger partial charge in [-0.1, -0.05) is 6.07 Å². The third kappa shape index (κ3) is 1.85. The molecule has 15 heavy (non-hydrogen) atoms. The van der Waals surface area contributed by atoms with Crippen LogP contribution in [0.4, 0.5) is 0 Å². The summed E-state index contributed by atoms with van der Waals surface area (Å²) >= 11 is 0. The van der Waals surface area contributed by atoms with Crippen LogP contribution in [0.2, 0.25) is 0 Å². The normalized spacial score (nSPS) is 23.2. The Morgan fingerprint density at radius 3 is 3.00 bits per heavy atom. The van der Waals surface area contributed by atoms with Crippen LogP contribution in [0.15, 0.2) is 24.5 Å². The summed E-state index contributed by atoms with van der Waals surface area (Å²) in [6.45, 7) is 2.75. The van der Waals surface area contributed by atoms with Crippen molar-refractivity contribution >= 4 is 5.91 Å². The highest BCUT2D eigenvalue weighted by Crippen LogP contribution is 2.24. The molecule has 0 spiro atoms. The number of carbonyl (C=O) groups is 1. The van der Waals surface area contributed by atoms with Gasteiger partial charge < -0.3 is 10.6 Å². The van der Waals surface area contributed by atoms with Crippen molar-refractivity contribution in [3.8, 4) is 0 Å². The minimum absolute atomic E-state index is 0.0475. The van der Waals surface area contributed by atoms with Crippen molar-refractivity contribution in [2.45, 2.75) is 25.4 Å². The molecule has 4 nitrogen and oxygen atoms in total. The van der Waals surface area contributed by atoms with Crippen LogP contribution in [0.25, 0.3) is 0 Å². The van der Waals surface area contributed by atoms with Crippen LogP contribution >= 0.6 is 0 Å². The predicted octanol–water partition coefficient (Wildman–Crippen LogP) is 0.702. The van der Waals surface area contributed by atoms with Crippen molar-refractivity contribution < 1.29 is 4.79 Å². The Hall–Kier alpha value is -1.42. The highest BCUT2D eigenvalue weighted by molar-refractivity contribution is 5.84. The van der Waals surface area contributed by atoms with E-state index in [1.807, 2.05) is 24.0 Å². The van der Waals surface area contributed by atoms with Gasteiger partial charge in [0.2, 0.25) is 5.91 Å². The van der Waals surface area contributed by atoms with Gasteiger partial charge in [0, 0.05) is 18.9 Å². The van der Waals surface area contributed by atoms with Crippen LogP contribution in [0.1, 0.15) is 24.9 Å². The second-order valence-corrected chi connectivity index (χ2v) is 3.89. The maximum absolute atomic E-state index is 11.7. The molecule has 4 heteroatoms. The lowest BCUT2D eigenvalue weighted by molar-refractivity contribution is -0.130. The quantitative estimate of drug-likeness (QED) is 0.773. The molecular formula is C11H15N3O. The second kappa shape index (κ2) is 3.98. The molecule has 0 radical (unpaired) electrons. The van der Waals surface area contributed by atoms with Crippen molar-refractivity contribution in [3.63, 3.8) is 0 Å². The van der Waals surface area contributed by atoms with Crippen molar-refractivity contribution in [1.29, 1.82) is 0 Å². The molecule has 0 saturated carbocycles. The lowest BCUT2D eigenvalue weighted by atomic mass is 10.1. The van der Waals surface area contributed by atoms with E-state index in [1.54, 1.807) is 12.4 Å². The van der Waals surface area contributed by atoms with Crippen LogP contribution in [0, 0.1) is 0 Å². The Morgan fingerprint density at radius 1 is 1.67 bits per heavy atom. The van der Waals surface area contributed by atoms with E-state index in [4.69, 9.17) is 5.73 Å². The number of rotatable bonds is 2. The lowest BCUT2D eigenvalue weighted by Gasteiger charge is -2.24. The van der Waals surface area contributed by atoms with Gasteiger partial charge in [0.25, 0.3) is 0 Å². The minimum atomic E-state index is -0.316. The first kappa shape index (κ1) is 10.1. The average molecular weight is 205 g/mol. The fraction of sp³-hybridized carbons (Fsp3) is 0.455. The number of nitrogens with zero attached hydrogens (tertiary/aromatic N) is 2. The Bertz CT molecular complexity index is 352. The first-order valence-electron chi connectivity index (χ1n) is 5.16. The second-order valence-electron chi connectivity index (χ2n) is 3.89. The van der Waals surface area contributed by atoms with Crippen LogP contribution in [-0.4, -0.2) is 28.4 Å². The van der Waals surface area contributed by atoms with Gasteiger partial charge in [-0.3, -0.25) is 9.78 Å². The Kier molecular flexibility index (Phi) is 2.68. The molecule has 1 saturated heterocycles. The summed E-state index contributed by atoms with van der Waals surface area (Å²) in [5.74, 6) is 0.0475. The zero-order chi connectivity index (χ0) is 10.8. The SMILES string of the molecule is CC(c1cccnc1)N1CCC(N)C1=O. The fourth-order valence-corrected chi connectivity index (χ4v) is 1.91. The Labute approximate surface area is 89.1 Å². The van der Waals surface area contributed by atoms with Crippen LogP contribution in [0.3, 0.4) is 0 Å². The third-order valence-corrected chi connectivity index (χ3v) is 2.92. The lowest BCUT2D eigenvalue weighted by Crippen LogP contribution is -2.35. The van der Waals surface area contributed by atoms with E-state index in [2.05, 4.69) is 4.98 Å². The average Bonchev–Trinajstić information content (AvgIpc) is 2.60. The Morgan fingerprint density at radius 2 is 2.47 bits per heavy atom. The molecule has 0 aromatic carbocycles. The molecule has 1 amide bonds. The molecule has 2 unspecified atom stereocenters. The number of nitrogens with two attached hydrogens (primary N) is 1. The molecule has 80 valence electrons. The van der Waals surface area contributed by atoms with Crippen molar-refractivity contribution in [2.75, 3.05) is 6.54 Å². The van der Waals surface area contributed by atoms with E-state index in [0.29, 0.717) is 0 Å². The zero-order valence-corrected chi connectivity index (χ0v) is 8.76. The maximum atomic E-state index is 11.7. The van der Waals surface area contributed by atoms with Gasteiger partial charge in [-0.05, 0) is 25.0 Å². The van der Waals surface area contributed by atoms with Gasteiger partial charge in [0.15, 0.2) is 0 Å². The number of carbonyl (C=O) groups excluding carboxylic acids is 1. The van der Waals surface area contributed by atoms with Crippen LogP contribution < -0.4 is 5.73 Å². The number of aromatic nitrogens is 1. The number of hydrogen-bond donors (Lipinski definition) is 1. The summed E-state index contributed by atoms with van der Waals surface area (Å²) in [4.78, 5) is 17.6. The molecule has 2 N–H and O–H groups in total. The summed E-state index contributed by atoms with van der Waals surface area (Å²) in [6, 6.07) is 3.62. The Balaban J connectivity index is 2.16. The van der Waals surface area contributed by atoms with Crippen molar-refractivity contribution in [3.05, 3.63) is 30.1 Å². The number of amides is 1. The highest BCUT2D eigenvalue weighted by Gasteiger charge is 2.32. The van der Waals surface area contributed by atoms with E-state index in [1.165, 1.54) is 0 Å². The van der Waals surface area contributed by atoms with Gasteiger partial charge >= 0.3 is 0 Å². The van der Waals surface area contributed by atoms with Crippen LogP contribution in [-0.2, 0) is 4.79 Å². The zero-order valence-electron chi connectivity index (χ0n) is 8.76. The van der Waals surface area contributed by atoms with Crippen molar-refractivity contribution in [1.82, 2.24) is 9.88 Å². The molecule has 1 fully saturated rings. The first-order chi connectivity index (χ1) is 7.20. The number of pyridine rings is 1. The van der Waals surface area contributed by atoms with E-state index in [0.717, 1.165) is 18.5 Å². The van der Waals surface area contributed by atoms with Gasteiger partial charge in [0.1, 0.15) is 0 Å². The molecule has 0 aliphatic carbocycles. The standard InChI is InChI=1S/C11H15N3O/c1-8(9-3-2-5-13-7-9)14-6-4-10(12)11(14)15/h2-3,5,7-8,10H,4,6,12H2,1H3. The molecular weight excluding hydrogens is 190 g/mol. The first-order valence-corrected chi connectivity index (χ1v) is 5.16. The summed E-state index contributed by atoms with van der Waals surface area (Å²) in [7, 11) is 0. The summed E-state index contributed by atoms with van der Waals surface area (Å²) in [5, 5.41) is 0. The minimum Gasteiger partial charge on any atom is -0.334 e. The molecule has 0 bridgehead atoms. The largest absolute Gasteiger partial charge is 0.334 e. The smallest absolute Gasteiger partial charge is 0.240 e. The molecule has 2 atom stereocenters. The number of hydrogen-bond acceptors (Lipinski definition) is 3. The van der Waals surface area contributed by atoms with Gasteiger partial charge in [-0.2, -0.15) is 0 Å². The van der Waals surface area contributed by atoms with E-state index < -0.39 is 0 Å². The predicted molar refractivity (Wildman–Crippen MR) is 57.0 cm³/mol. The third-order valence-electron chi connectivity index (χ3n) is 2.92. The monoisotopic (exact) mass is 205 g/mol. The van der Waals surface area contributed by atoms with E-state index >= 15 is 0 Å². The van der Waals surface area contributed by atoms with Gasteiger partial charge in [-0.15, -0.1) is 0 Å². The van der Waals surface area contributed by atoms with Crippen LogP contribution in [0.5, 0.6) is 0 Å². The van der Waals surface area contributed by atoms with Crippen molar-refractivity contribution in [2.24, 2.45) is 5.73 Å². The van der Waals surface area contributed by atoms with Gasteiger partial charge in [0.05, 0.1) is 12.1 Å². The molecule has 2 rings (SSSR count). The molecule has 1 aliphatic heterocycles. The molecule has 1 aromatic heterocycles. The molecule has 1 aromatic rings. The molecule has 1 aliphatic rings. The summed E-state index contributed by atoms with van der Waals surface area (Å²) in [5.41, 5.74) is 6.73. The summed E-state index contributed by atoms with van der Waals surface area (Å²) in [6.07, 6.45) is 4.28. The number of likely N-dealkylation sites (tertiary alicyclic amines) is 1. The topological polar surface area (TPSA) is 59.2 Å². The summed E-state index contributed by atoms with van der Waals surface area (Å²) < 4.78 is 0. The maximum Gasteiger partial charge on any atom is 0.240 e. The molecule has 2 heterocycles. The van der Waals surface area contributed by atoms with E-state index in [9.17, 15) is 4.79 Å². The van der Waals surface area contributed by atoms with E-state index in [-0.39, 0.29) is 18.0 Å². The van der Waals surface area contributed by atoms with Gasteiger partial charge in [-0.25, -0.2) is 0 Å². The fourth-order valence-electron chi connectivity index (χ4n) is 1.91.